The standard InChI is InChI=1S/C14H17N3O5S2/c1-11-10-14(15-22-11)16-24(20,21)13-6-4-12(5-7-13)17-8-2-3-9-23(17,18)19/h4-7,10H,2-3,8-9H2,1H3,(H,15,16). The summed E-state index contributed by atoms with van der Waals surface area (Å²) in [5.41, 5.74) is 0.464. The van der Waals surface area contributed by atoms with Gasteiger partial charge in [-0.05, 0) is 44.0 Å². The average molecular weight is 371 g/mol. The van der Waals surface area contributed by atoms with Crippen molar-refractivity contribution in [3.63, 3.8) is 0 Å². The van der Waals surface area contributed by atoms with E-state index in [0.717, 1.165) is 6.42 Å². The minimum absolute atomic E-state index is 0.0151. The first kappa shape index (κ1) is 16.8. The molecule has 24 heavy (non-hydrogen) atoms. The summed E-state index contributed by atoms with van der Waals surface area (Å²) in [7, 11) is -7.14. The van der Waals surface area contributed by atoms with Gasteiger partial charge in [0, 0.05) is 12.6 Å². The fourth-order valence-corrected chi connectivity index (χ4v) is 5.10. The second-order valence-electron chi connectivity index (χ2n) is 5.52. The molecule has 0 bridgehead atoms. The summed E-state index contributed by atoms with van der Waals surface area (Å²) in [5.74, 6) is 0.689. The zero-order chi connectivity index (χ0) is 17.4. The Morgan fingerprint density at radius 2 is 1.92 bits per heavy atom. The Morgan fingerprint density at radius 3 is 2.50 bits per heavy atom. The molecule has 2 aromatic rings. The highest BCUT2D eigenvalue weighted by molar-refractivity contribution is 7.93. The molecule has 0 amide bonds. The topological polar surface area (TPSA) is 110 Å². The van der Waals surface area contributed by atoms with Crippen LogP contribution in [0.15, 0.2) is 39.8 Å². The van der Waals surface area contributed by atoms with Crippen molar-refractivity contribution in [3.8, 4) is 0 Å². The predicted octanol–water partition coefficient (Wildman–Crippen LogP) is 1.71. The van der Waals surface area contributed by atoms with Gasteiger partial charge in [-0.15, -0.1) is 0 Å². The predicted molar refractivity (Wildman–Crippen MR) is 88.9 cm³/mol. The molecule has 0 atom stereocenters. The van der Waals surface area contributed by atoms with Gasteiger partial charge >= 0.3 is 0 Å². The van der Waals surface area contributed by atoms with Gasteiger partial charge in [0.15, 0.2) is 5.82 Å². The molecule has 2 heterocycles. The Hall–Kier alpha value is -2.07. The molecule has 0 unspecified atom stereocenters. The van der Waals surface area contributed by atoms with Crippen LogP contribution >= 0.6 is 0 Å². The molecule has 130 valence electrons. The highest BCUT2D eigenvalue weighted by Gasteiger charge is 2.26. The monoisotopic (exact) mass is 371 g/mol. The van der Waals surface area contributed by atoms with Crippen LogP contribution < -0.4 is 9.03 Å². The van der Waals surface area contributed by atoms with Crippen molar-refractivity contribution in [2.75, 3.05) is 21.3 Å². The van der Waals surface area contributed by atoms with Crippen molar-refractivity contribution >= 4 is 31.6 Å². The zero-order valence-electron chi connectivity index (χ0n) is 13.0. The number of sulfonamides is 2. The smallest absolute Gasteiger partial charge is 0.263 e. The van der Waals surface area contributed by atoms with Gasteiger partial charge in [-0.25, -0.2) is 16.8 Å². The van der Waals surface area contributed by atoms with E-state index in [-0.39, 0.29) is 16.5 Å². The van der Waals surface area contributed by atoms with Gasteiger partial charge in [-0.2, -0.15) is 0 Å². The fourth-order valence-electron chi connectivity index (χ4n) is 2.48. The van der Waals surface area contributed by atoms with Crippen molar-refractivity contribution in [2.24, 2.45) is 0 Å². The van der Waals surface area contributed by atoms with Crippen LogP contribution in [0.3, 0.4) is 0 Å². The van der Waals surface area contributed by atoms with Crippen molar-refractivity contribution in [2.45, 2.75) is 24.7 Å². The van der Waals surface area contributed by atoms with Gasteiger partial charge in [0.2, 0.25) is 10.0 Å². The van der Waals surface area contributed by atoms with E-state index in [0.29, 0.717) is 24.4 Å². The highest BCUT2D eigenvalue weighted by Crippen LogP contribution is 2.25. The lowest BCUT2D eigenvalue weighted by Gasteiger charge is -2.28. The Labute approximate surface area is 140 Å². The summed E-state index contributed by atoms with van der Waals surface area (Å²) in [4.78, 5) is 0.0151. The Kier molecular flexibility index (Phi) is 4.26. The molecule has 1 aliphatic heterocycles. The highest BCUT2D eigenvalue weighted by atomic mass is 32.2. The summed E-state index contributed by atoms with van der Waals surface area (Å²) in [6, 6.07) is 7.19. The van der Waals surface area contributed by atoms with Gasteiger partial charge in [0.1, 0.15) is 5.76 Å². The first-order chi connectivity index (χ1) is 11.3. The van der Waals surface area contributed by atoms with Crippen LogP contribution in [0, 0.1) is 6.92 Å². The molecular weight excluding hydrogens is 354 g/mol. The summed E-state index contributed by atoms with van der Waals surface area (Å²) < 4.78 is 57.2. The molecule has 0 saturated carbocycles. The molecule has 1 N–H and O–H groups in total. The Balaban J connectivity index is 1.83. The lowest BCUT2D eigenvalue weighted by Crippen LogP contribution is -2.37. The molecule has 0 aliphatic carbocycles. The summed E-state index contributed by atoms with van der Waals surface area (Å²) in [6.45, 7) is 2.06. The number of benzene rings is 1. The van der Waals surface area contributed by atoms with Gasteiger partial charge in [-0.3, -0.25) is 9.03 Å². The minimum Gasteiger partial charge on any atom is -0.360 e. The van der Waals surface area contributed by atoms with E-state index in [1.54, 1.807) is 6.92 Å². The van der Waals surface area contributed by atoms with Crippen LogP contribution in [0.5, 0.6) is 0 Å². The molecule has 8 nitrogen and oxygen atoms in total. The van der Waals surface area contributed by atoms with Crippen LogP contribution in [-0.2, 0) is 20.0 Å². The number of anilines is 2. The van der Waals surface area contributed by atoms with Crippen molar-refractivity contribution < 1.29 is 21.4 Å². The number of rotatable bonds is 4. The lowest BCUT2D eigenvalue weighted by molar-refractivity contribution is 0.400. The van der Waals surface area contributed by atoms with E-state index in [2.05, 4.69) is 9.88 Å². The number of aromatic nitrogens is 1. The number of aryl methyl sites for hydroxylation is 1. The molecule has 1 fully saturated rings. The maximum atomic E-state index is 12.3. The van der Waals surface area contributed by atoms with E-state index in [1.807, 2.05) is 0 Å². The number of hydrogen-bond acceptors (Lipinski definition) is 6. The molecule has 10 heteroatoms. The van der Waals surface area contributed by atoms with Crippen LogP contribution in [0.25, 0.3) is 0 Å². The minimum atomic E-state index is -3.82. The second-order valence-corrected chi connectivity index (χ2v) is 9.21. The normalized spacial score (nSPS) is 17.6. The van der Waals surface area contributed by atoms with Gasteiger partial charge in [0.05, 0.1) is 16.3 Å². The van der Waals surface area contributed by atoms with E-state index < -0.39 is 20.0 Å². The van der Waals surface area contributed by atoms with Crippen LogP contribution in [0.4, 0.5) is 11.5 Å². The molecule has 1 saturated heterocycles. The summed E-state index contributed by atoms with van der Waals surface area (Å²) in [6.07, 6.45) is 1.43. The molecule has 0 spiro atoms. The van der Waals surface area contributed by atoms with Gasteiger partial charge < -0.3 is 4.52 Å². The number of nitrogens with zero attached hydrogens (tertiary/aromatic N) is 2. The Morgan fingerprint density at radius 1 is 1.21 bits per heavy atom. The maximum absolute atomic E-state index is 12.3. The quantitative estimate of drug-likeness (QED) is 0.876. The van der Waals surface area contributed by atoms with Crippen LogP contribution in [-0.4, -0.2) is 34.3 Å². The third-order valence-electron chi connectivity index (χ3n) is 3.65. The van der Waals surface area contributed by atoms with Gasteiger partial charge in [-0.1, -0.05) is 5.16 Å². The largest absolute Gasteiger partial charge is 0.360 e. The molecule has 1 aliphatic rings. The number of nitrogens with one attached hydrogen (secondary N) is 1. The average Bonchev–Trinajstić information content (AvgIpc) is 2.91. The Bertz CT molecular complexity index is 933. The van der Waals surface area contributed by atoms with Gasteiger partial charge in [0.25, 0.3) is 10.0 Å². The third kappa shape index (κ3) is 3.39. The summed E-state index contributed by atoms with van der Waals surface area (Å²) in [5, 5.41) is 3.58. The van der Waals surface area contributed by atoms with Crippen molar-refractivity contribution in [3.05, 3.63) is 36.1 Å². The number of hydrogen-bond donors (Lipinski definition) is 1. The molecule has 1 aromatic carbocycles. The molecule has 1 aromatic heterocycles. The fraction of sp³-hybridized carbons (Fsp3) is 0.357. The van der Waals surface area contributed by atoms with E-state index >= 15 is 0 Å². The first-order valence-electron chi connectivity index (χ1n) is 7.35. The third-order valence-corrected chi connectivity index (χ3v) is 6.89. The molecule has 3 rings (SSSR count). The van der Waals surface area contributed by atoms with Crippen LogP contribution in [0.2, 0.25) is 0 Å². The van der Waals surface area contributed by atoms with Crippen LogP contribution in [0.1, 0.15) is 18.6 Å². The van der Waals surface area contributed by atoms with Crippen molar-refractivity contribution in [1.82, 2.24) is 5.16 Å². The maximum Gasteiger partial charge on any atom is 0.263 e. The molecule has 0 radical (unpaired) electrons. The zero-order valence-corrected chi connectivity index (χ0v) is 14.6. The van der Waals surface area contributed by atoms with E-state index in [1.165, 1.54) is 34.6 Å². The first-order valence-corrected chi connectivity index (χ1v) is 10.4. The van der Waals surface area contributed by atoms with E-state index in [4.69, 9.17) is 4.52 Å². The SMILES string of the molecule is Cc1cc(NS(=O)(=O)c2ccc(N3CCCCS3(=O)=O)cc2)no1. The van der Waals surface area contributed by atoms with Crippen molar-refractivity contribution in [1.29, 1.82) is 0 Å². The second kappa shape index (κ2) is 6.10. The van der Waals surface area contributed by atoms with E-state index in [9.17, 15) is 16.8 Å². The summed E-state index contributed by atoms with van der Waals surface area (Å²) >= 11 is 0. The molecular formula is C14H17N3O5S2. The lowest BCUT2D eigenvalue weighted by atomic mass is 10.3.